The van der Waals surface area contributed by atoms with E-state index in [2.05, 4.69) is 16.8 Å². The van der Waals surface area contributed by atoms with Crippen molar-refractivity contribution in [2.45, 2.75) is 25.2 Å². The highest BCUT2D eigenvalue weighted by Gasteiger charge is 2.20. The minimum Gasteiger partial charge on any atom is -0.308 e. The van der Waals surface area contributed by atoms with Crippen molar-refractivity contribution in [3.8, 4) is 0 Å². The predicted molar refractivity (Wildman–Crippen MR) is 134 cm³/mol. The third-order valence-electron chi connectivity index (χ3n) is 4.51. The Bertz CT molecular complexity index is 1080. The minimum atomic E-state index is -3.31. The Morgan fingerprint density at radius 3 is 2.69 bits per heavy atom. The van der Waals surface area contributed by atoms with Crippen LogP contribution in [0.5, 0.6) is 0 Å². The summed E-state index contributed by atoms with van der Waals surface area (Å²) < 4.78 is 26.2. The molecule has 0 unspecified atom stereocenters. The summed E-state index contributed by atoms with van der Waals surface area (Å²) in [5.41, 5.74) is 1.34. The largest absolute Gasteiger partial charge is 0.308 e. The summed E-state index contributed by atoms with van der Waals surface area (Å²) in [7, 11) is -3.31. The topological polar surface area (TPSA) is 84.6 Å². The molecule has 172 valence electrons. The van der Waals surface area contributed by atoms with Gasteiger partial charge >= 0.3 is 0 Å². The lowest BCUT2D eigenvalue weighted by Crippen LogP contribution is -2.30. The highest BCUT2D eigenvalue weighted by molar-refractivity contribution is 8.00. The second-order valence-electron chi connectivity index (χ2n) is 6.71. The third kappa shape index (κ3) is 7.36. The third-order valence-corrected chi connectivity index (χ3v) is 7.75. The maximum atomic E-state index is 12.8. The monoisotopic (exact) mass is 494 g/mol. The number of carbonyl (C=O) groups excluding carboxylic acids is 1. The molecule has 0 bridgehead atoms. The Kier molecular flexibility index (Phi) is 10.2. The molecular weight excluding hydrogens is 468 g/mol. The number of nitrogens with zero attached hydrogens (tertiary/aromatic N) is 4. The first kappa shape index (κ1) is 25.9. The normalized spacial score (nSPS) is 12.3. The Morgan fingerprint density at radius 2 is 2.03 bits per heavy atom. The van der Waals surface area contributed by atoms with E-state index < -0.39 is 9.84 Å². The second-order valence-corrected chi connectivity index (χ2v) is 10.4. The summed E-state index contributed by atoms with van der Waals surface area (Å²) in [5.74, 6) is 0.883. The molecule has 1 aromatic carbocycles. The summed E-state index contributed by atoms with van der Waals surface area (Å²) in [6, 6.07) is 8.38. The van der Waals surface area contributed by atoms with E-state index in [0.29, 0.717) is 28.6 Å². The number of carbonyl (C=O) groups is 1. The molecule has 32 heavy (non-hydrogen) atoms. The molecule has 1 amide bonds. The van der Waals surface area contributed by atoms with Crippen LogP contribution in [0.1, 0.15) is 20.3 Å². The van der Waals surface area contributed by atoms with Crippen molar-refractivity contribution in [2.75, 3.05) is 28.7 Å². The highest BCUT2D eigenvalue weighted by Crippen LogP contribution is 2.26. The number of allylic oxidation sites excluding steroid dienone is 3. The molecule has 0 aliphatic rings. The summed E-state index contributed by atoms with van der Waals surface area (Å²) in [6.07, 6.45) is 7.08. The molecule has 0 radical (unpaired) electrons. The number of thioether (sulfide) groups is 1. The van der Waals surface area contributed by atoms with E-state index in [4.69, 9.17) is 11.6 Å². The van der Waals surface area contributed by atoms with Crippen LogP contribution in [-0.2, 0) is 14.6 Å². The molecule has 0 atom stereocenters. The number of amides is 1. The maximum absolute atomic E-state index is 12.8. The van der Waals surface area contributed by atoms with Crippen LogP contribution in [0.15, 0.2) is 64.8 Å². The lowest BCUT2D eigenvalue weighted by Gasteiger charge is -2.19. The first-order valence-electron chi connectivity index (χ1n) is 10.0. The molecule has 2 rings (SSSR count). The highest BCUT2D eigenvalue weighted by atomic mass is 35.5. The van der Waals surface area contributed by atoms with Crippen molar-refractivity contribution >= 4 is 57.2 Å². The summed E-state index contributed by atoms with van der Waals surface area (Å²) in [4.78, 5) is 18.3. The van der Waals surface area contributed by atoms with Crippen molar-refractivity contribution in [1.82, 2.24) is 9.78 Å². The van der Waals surface area contributed by atoms with Crippen LogP contribution >= 0.6 is 23.4 Å². The number of sulfone groups is 1. The van der Waals surface area contributed by atoms with E-state index in [1.807, 2.05) is 13.8 Å². The minimum absolute atomic E-state index is 0.0351. The lowest BCUT2D eigenvalue weighted by atomic mass is 10.3. The fraction of sp³-hybridized carbons (Fsp3) is 0.318. The number of anilines is 1. The molecule has 0 aliphatic carbocycles. The average molecular weight is 495 g/mol. The molecule has 0 N–H and O–H groups in total. The van der Waals surface area contributed by atoms with Gasteiger partial charge in [-0.2, -0.15) is 16.9 Å². The van der Waals surface area contributed by atoms with Gasteiger partial charge in [-0.25, -0.2) is 13.1 Å². The molecule has 1 heterocycles. The van der Waals surface area contributed by atoms with Gasteiger partial charge in [-0.05, 0) is 44.8 Å². The molecule has 7 nitrogen and oxygen atoms in total. The van der Waals surface area contributed by atoms with E-state index in [1.165, 1.54) is 11.8 Å². The van der Waals surface area contributed by atoms with Gasteiger partial charge in [0.15, 0.2) is 15.0 Å². The van der Waals surface area contributed by atoms with Crippen LogP contribution in [0.3, 0.4) is 0 Å². The fourth-order valence-electron chi connectivity index (χ4n) is 2.82. The van der Waals surface area contributed by atoms with Gasteiger partial charge in [-0.15, -0.1) is 0 Å². The number of rotatable bonds is 12. The van der Waals surface area contributed by atoms with Crippen LogP contribution < -0.4 is 4.90 Å². The van der Waals surface area contributed by atoms with E-state index >= 15 is 0 Å². The van der Waals surface area contributed by atoms with Gasteiger partial charge in [-0.3, -0.25) is 9.79 Å². The van der Waals surface area contributed by atoms with E-state index in [0.717, 1.165) is 5.70 Å². The summed E-state index contributed by atoms with van der Waals surface area (Å²) in [5, 5.41) is 4.51. The zero-order chi connectivity index (χ0) is 23.6. The molecule has 1 aromatic heterocycles. The predicted octanol–water partition coefficient (Wildman–Crippen LogP) is 4.56. The molecule has 0 fully saturated rings. The van der Waals surface area contributed by atoms with Gasteiger partial charge in [0.05, 0.1) is 16.8 Å². The second kappa shape index (κ2) is 12.6. The molecular formula is C22H27ClN4O3S2. The number of halogens is 1. The molecule has 0 saturated carbocycles. The quantitative estimate of drug-likeness (QED) is 0.245. The smallest absolute Gasteiger partial charge is 0.227 e. The number of hydrogen-bond acceptors (Lipinski definition) is 6. The first-order chi connectivity index (χ1) is 15.3. The fourth-order valence-corrected chi connectivity index (χ4v) is 5.73. The zero-order valence-corrected chi connectivity index (χ0v) is 20.5. The molecule has 2 aromatic rings. The van der Waals surface area contributed by atoms with Gasteiger partial charge in [-0.1, -0.05) is 29.8 Å². The molecule has 10 heteroatoms. The van der Waals surface area contributed by atoms with Crippen LogP contribution in [-0.4, -0.2) is 54.6 Å². The number of aromatic nitrogens is 2. The summed E-state index contributed by atoms with van der Waals surface area (Å²) >= 11 is 7.73. The van der Waals surface area contributed by atoms with Crippen LogP contribution in [0.2, 0.25) is 5.15 Å². The van der Waals surface area contributed by atoms with E-state index in [1.54, 1.807) is 64.5 Å². The van der Waals surface area contributed by atoms with Gasteiger partial charge < -0.3 is 4.90 Å². The Hall–Kier alpha value is -2.36. The Balaban J connectivity index is 1.91. The van der Waals surface area contributed by atoms with Crippen molar-refractivity contribution in [3.63, 3.8) is 0 Å². The molecule has 0 spiro atoms. The molecule has 0 saturated heterocycles. The van der Waals surface area contributed by atoms with Crippen molar-refractivity contribution in [1.29, 1.82) is 0 Å². The van der Waals surface area contributed by atoms with E-state index in [9.17, 15) is 13.2 Å². The van der Waals surface area contributed by atoms with Crippen LogP contribution in [0.4, 0.5) is 5.69 Å². The van der Waals surface area contributed by atoms with Gasteiger partial charge in [0.1, 0.15) is 5.69 Å². The maximum Gasteiger partial charge on any atom is 0.227 e. The van der Waals surface area contributed by atoms with Crippen molar-refractivity contribution in [3.05, 3.63) is 60.0 Å². The number of benzene rings is 1. The molecule has 0 aliphatic heterocycles. The van der Waals surface area contributed by atoms with Gasteiger partial charge in [0.2, 0.25) is 5.91 Å². The van der Waals surface area contributed by atoms with Gasteiger partial charge in [0, 0.05) is 36.4 Å². The van der Waals surface area contributed by atoms with Gasteiger partial charge in [0.25, 0.3) is 0 Å². The first-order valence-corrected chi connectivity index (χ1v) is 13.2. The SMILES string of the molecule is C=N/C=C\C=C(/C)n1cc(N(CC)C(=O)CCSCCS(=O)(=O)c2ccccc2)c(Cl)n1. The summed E-state index contributed by atoms with van der Waals surface area (Å²) in [6.45, 7) is 7.55. The Morgan fingerprint density at radius 1 is 1.31 bits per heavy atom. The van der Waals surface area contributed by atoms with Crippen LogP contribution in [0.25, 0.3) is 5.70 Å². The standard InChI is InChI=1S/C22H27ClN4O3S2/c1-4-26(20-17-27(25-22(20)23)18(2)9-8-13-24-3)21(28)12-14-31-15-16-32(29,30)19-10-6-5-7-11-19/h5-11,13,17H,3-4,12,14-16H2,1-2H3/b13-8-,18-9+. The van der Waals surface area contributed by atoms with E-state index in [-0.39, 0.29) is 23.2 Å². The zero-order valence-electron chi connectivity index (χ0n) is 18.1. The van der Waals surface area contributed by atoms with Crippen LogP contribution in [0, 0.1) is 0 Å². The number of hydrogen-bond donors (Lipinski definition) is 0. The van der Waals surface area contributed by atoms with Crippen molar-refractivity contribution in [2.24, 2.45) is 4.99 Å². The van der Waals surface area contributed by atoms with Crippen molar-refractivity contribution < 1.29 is 13.2 Å². The number of aliphatic imine (C=N–C) groups is 1. The Labute approximate surface area is 198 Å². The average Bonchev–Trinajstić information content (AvgIpc) is 3.16. The lowest BCUT2D eigenvalue weighted by molar-refractivity contribution is -0.118.